The van der Waals surface area contributed by atoms with Crippen molar-refractivity contribution in [3.05, 3.63) is 98.7 Å². The average Bonchev–Trinajstić information content (AvgIpc) is 3.44. The number of aldehydes is 1. The Balaban J connectivity index is 0.00000119. The van der Waals surface area contributed by atoms with Crippen molar-refractivity contribution in [1.82, 2.24) is 20.2 Å². The van der Waals surface area contributed by atoms with Crippen LogP contribution in [-0.2, 0) is 17.8 Å². The lowest BCUT2D eigenvalue weighted by Crippen LogP contribution is -2.42. The number of benzene rings is 2. The van der Waals surface area contributed by atoms with E-state index in [9.17, 15) is 18.8 Å². The molecular weight excluding hydrogens is 573 g/mol. The highest BCUT2D eigenvalue weighted by atomic mass is 32.1. The minimum absolute atomic E-state index is 0.0163. The third-order valence-electron chi connectivity index (χ3n) is 5.82. The number of amides is 1. The maximum atomic E-state index is 13.6. The SMILES string of the molecule is CCNC.CN(C(=O)OC(C)(C)C)n1cc(-c2nnc(Cc3ccc(F)cc3)s2)c(=O)c(OCc2ccccc2)c1C=O. The van der Waals surface area contributed by atoms with Crippen LogP contribution in [0.5, 0.6) is 5.75 Å². The van der Waals surface area contributed by atoms with Gasteiger partial charge in [0.05, 0.1) is 5.56 Å². The predicted molar refractivity (Wildman–Crippen MR) is 165 cm³/mol. The van der Waals surface area contributed by atoms with E-state index in [1.807, 2.05) is 37.4 Å². The molecule has 4 aromatic rings. The van der Waals surface area contributed by atoms with Gasteiger partial charge in [0, 0.05) is 19.7 Å². The van der Waals surface area contributed by atoms with Crippen LogP contribution in [0, 0.1) is 5.82 Å². The summed E-state index contributed by atoms with van der Waals surface area (Å²) in [4.78, 5) is 38.7. The van der Waals surface area contributed by atoms with Crippen LogP contribution in [0.1, 0.15) is 54.3 Å². The highest BCUT2D eigenvalue weighted by molar-refractivity contribution is 7.14. The Morgan fingerprint density at radius 2 is 1.74 bits per heavy atom. The Morgan fingerprint density at radius 3 is 2.33 bits per heavy atom. The highest BCUT2D eigenvalue weighted by Crippen LogP contribution is 2.26. The Kier molecular flexibility index (Phi) is 11.7. The van der Waals surface area contributed by atoms with Crippen molar-refractivity contribution >= 4 is 23.7 Å². The van der Waals surface area contributed by atoms with Crippen LogP contribution in [0.15, 0.2) is 65.6 Å². The number of hydrogen-bond donors (Lipinski definition) is 1. The molecular formula is C31H36FN5O5S. The molecule has 2 heterocycles. The quantitative estimate of drug-likeness (QED) is 0.257. The minimum Gasteiger partial charge on any atom is -0.483 e. The van der Waals surface area contributed by atoms with Crippen LogP contribution < -0.4 is 20.5 Å². The summed E-state index contributed by atoms with van der Waals surface area (Å²) in [6.07, 6.45) is 1.43. The Labute approximate surface area is 254 Å². The molecule has 0 aliphatic carbocycles. The zero-order chi connectivity index (χ0) is 31.6. The second-order valence-electron chi connectivity index (χ2n) is 10.3. The second kappa shape index (κ2) is 15.2. The number of aromatic nitrogens is 3. The van der Waals surface area contributed by atoms with Gasteiger partial charge in [-0.3, -0.25) is 9.59 Å². The fourth-order valence-electron chi connectivity index (χ4n) is 3.60. The van der Waals surface area contributed by atoms with Gasteiger partial charge >= 0.3 is 6.09 Å². The number of rotatable bonds is 9. The number of nitrogens with zero attached hydrogens (tertiary/aromatic N) is 4. The molecule has 2 aromatic carbocycles. The van der Waals surface area contributed by atoms with Gasteiger partial charge in [-0.2, -0.15) is 0 Å². The van der Waals surface area contributed by atoms with Gasteiger partial charge in [-0.15, -0.1) is 10.2 Å². The van der Waals surface area contributed by atoms with Crippen molar-refractivity contribution < 1.29 is 23.5 Å². The normalized spacial score (nSPS) is 10.9. The lowest BCUT2D eigenvalue weighted by atomic mass is 10.2. The molecule has 0 aliphatic rings. The molecule has 43 heavy (non-hydrogen) atoms. The third kappa shape index (κ3) is 9.29. The molecule has 0 unspecified atom stereocenters. The molecule has 0 saturated heterocycles. The van der Waals surface area contributed by atoms with E-state index in [0.717, 1.165) is 22.7 Å². The Morgan fingerprint density at radius 1 is 1.09 bits per heavy atom. The predicted octanol–water partition coefficient (Wildman–Crippen LogP) is 5.22. The van der Waals surface area contributed by atoms with Crippen molar-refractivity contribution in [3.63, 3.8) is 0 Å². The van der Waals surface area contributed by atoms with E-state index in [-0.39, 0.29) is 34.4 Å². The second-order valence-corrected chi connectivity index (χ2v) is 11.4. The number of nitrogens with one attached hydrogen (secondary N) is 1. The van der Waals surface area contributed by atoms with Crippen LogP contribution >= 0.6 is 11.3 Å². The third-order valence-corrected chi connectivity index (χ3v) is 6.78. The number of ether oxygens (including phenoxy) is 2. The van der Waals surface area contributed by atoms with E-state index in [2.05, 4.69) is 22.4 Å². The molecule has 228 valence electrons. The van der Waals surface area contributed by atoms with E-state index in [1.165, 1.54) is 41.4 Å². The largest absolute Gasteiger partial charge is 0.483 e. The smallest absolute Gasteiger partial charge is 0.429 e. The summed E-state index contributed by atoms with van der Waals surface area (Å²) in [5.74, 6) is -0.582. The van der Waals surface area contributed by atoms with Gasteiger partial charge in [0.25, 0.3) is 0 Å². The molecule has 4 rings (SSSR count). The Bertz CT molecular complexity index is 1560. The number of hydrogen-bond acceptors (Lipinski definition) is 9. The van der Waals surface area contributed by atoms with Crippen LogP contribution in [-0.4, -0.2) is 53.5 Å². The first-order valence-corrected chi connectivity index (χ1v) is 14.4. The van der Waals surface area contributed by atoms with Gasteiger partial charge in [0.15, 0.2) is 17.0 Å². The van der Waals surface area contributed by atoms with E-state index in [4.69, 9.17) is 9.47 Å². The molecule has 0 saturated carbocycles. The molecule has 0 radical (unpaired) electrons. The van der Waals surface area contributed by atoms with Crippen LogP contribution in [0.2, 0.25) is 0 Å². The van der Waals surface area contributed by atoms with Gasteiger partial charge in [0.2, 0.25) is 5.43 Å². The summed E-state index contributed by atoms with van der Waals surface area (Å²) >= 11 is 1.17. The number of pyridine rings is 1. The molecule has 1 amide bonds. The van der Waals surface area contributed by atoms with Gasteiger partial charge < -0.3 is 14.8 Å². The van der Waals surface area contributed by atoms with Gasteiger partial charge in [0.1, 0.15) is 28.7 Å². The highest BCUT2D eigenvalue weighted by Gasteiger charge is 2.27. The zero-order valence-corrected chi connectivity index (χ0v) is 25.9. The molecule has 0 aliphatic heterocycles. The average molecular weight is 610 g/mol. The lowest BCUT2D eigenvalue weighted by Gasteiger charge is -2.27. The number of carbonyl (C=O) groups excluding carboxylic acids is 2. The number of halogens is 1. The first-order valence-electron chi connectivity index (χ1n) is 13.6. The van der Waals surface area contributed by atoms with Crippen LogP contribution in [0.25, 0.3) is 10.6 Å². The first-order chi connectivity index (χ1) is 20.5. The van der Waals surface area contributed by atoms with Gasteiger partial charge in [-0.05, 0) is 57.6 Å². The number of carbonyl (C=O) groups is 2. The van der Waals surface area contributed by atoms with Crippen molar-refractivity contribution in [2.45, 2.75) is 46.3 Å². The van der Waals surface area contributed by atoms with E-state index < -0.39 is 17.1 Å². The summed E-state index contributed by atoms with van der Waals surface area (Å²) < 4.78 is 25.8. The monoisotopic (exact) mass is 609 g/mol. The zero-order valence-electron chi connectivity index (χ0n) is 25.1. The fraction of sp³-hybridized carbons (Fsp3) is 0.323. The molecule has 2 aromatic heterocycles. The molecule has 0 bridgehead atoms. The molecule has 1 N–H and O–H groups in total. The topological polar surface area (TPSA) is 116 Å². The summed E-state index contributed by atoms with van der Waals surface area (Å²) in [7, 11) is 3.34. The van der Waals surface area contributed by atoms with Gasteiger partial charge in [-0.25, -0.2) is 18.9 Å². The fourth-order valence-corrected chi connectivity index (χ4v) is 4.48. The van der Waals surface area contributed by atoms with Crippen LogP contribution in [0.4, 0.5) is 9.18 Å². The summed E-state index contributed by atoms with van der Waals surface area (Å²) in [6, 6.07) is 15.2. The van der Waals surface area contributed by atoms with Crippen molar-refractivity contribution in [3.8, 4) is 16.3 Å². The molecule has 0 fully saturated rings. The maximum absolute atomic E-state index is 13.6. The van der Waals surface area contributed by atoms with Crippen molar-refractivity contribution in [1.29, 1.82) is 0 Å². The Hall–Kier alpha value is -4.42. The lowest BCUT2D eigenvalue weighted by molar-refractivity contribution is 0.0549. The molecule has 10 nitrogen and oxygen atoms in total. The van der Waals surface area contributed by atoms with Crippen molar-refractivity contribution in [2.75, 3.05) is 25.6 Å². The summed E-state index contributed by atoms with van der Waals surface area (Å²) in [5, 5.41) is 13.2. The standard InChI is InChI=1S/C28H27FN4O5S.C3H9N/c1-28(2,3)38-27(36)32(4)33-15-21(26-31-30-23(39-26)14-18-10-12-20(29)13-11-18)24(35)25(22(33)16-34)37-17-19-8-6-5-7-9-19;1-3-4-2/h5-13,15-16H,14,17H2,1-4H3;4H,3H2,1-2H3. The molecule has 0 spiro atoms. The first kappa shape index (κ1) is 33.1. The molecule has 0 atom stereocenters. The van der Waals surface area contributed by atoms with Gasteiger partial charge in [-0.1, -0.05) is 60.7 Å². The summed E-state index contributed by atoms with van der Waals surface area (Å²) in [5.41, 5.74) is 0.154. The van der Waals surface area contributed by atoms with Crippen LogP contribution in [0.3, 0.4) is 0 Å². The minimum atomic E-state index is -0.796. The molecule has 12 heteroatoms. The van der Waals surface area contributed by atoms with E-state index >= 15 is 0 Å². The maximum Gasteiger partial charge on any atom is 0.429 e. The van der Waals surface area contributed by atoms with Crippen molar-refractivity contribution in [2.24, 2.45) is 0 Å². The summed E-state index contributed by atoms with van der Waals surface area (Å²) in [6.45, 7) is 8.31. The van der Waals surface area contributed by atoms with E-state index in [0.29, 0.717) is 17.7 Å². The van der Waals surface area contributed by atoms with E-state index in [1.54, 1.807) is 32.9 Å².